The van der Waals surface area contributed by atoms with Crippen molar-refractivity contribution in [2.24, 2.45) is 0 Å². The van der Waals surface area contributed by atoms with Crippen molar-refractivity contribution >= 4 is 5.97 Å². The minimum Gasteiger partial charge on any atom is -0.480 e. The number of carbonyl (C=O) groups is 1. The summed E-state index contributed by atoms with van der Waals surface area (Å²) in [6.45, 7) is 1.90. The van der Waals surface area contributed by atoms with Crippen molar-refractivity contribution in [1.29, 1.82) is 0 Å². The van der Waals surface area contributed by atoms with Gasteiger partial charge in [-0.3, -0.25) is 4.79 Å². The summed E-state index contributed by atoms with van der Waals surface area (Å²) in [7, 11) is 0. The van der Waals surface area contributed by atoms with Crippen LogP contribution >= 0.6 is 0 Å². The van der Waals surface area contributed by atoms with Crippen molar-refractivity contribution in [3.05, 3.63) is 35.9 Å². The minimum atomic E-state index is -0.899. The topological polar surface area (TPSA) is 69.6 Å². The number of benzene rings is 1. The highest BCUT2D eigenvalue weighted by molar-refractivity contribution is 5.73. The molecule has 1 aromatic carbocycles. The zero-order valence-corrected chi connectivity index (χ0v) is 9.26. The Kier molecular flexibility index (Phi) is 4.95. The molecule has 16 heavy (non-hydrogen) atoms. The van der Waals surface area contributed by atoms with Gasteiger partial charge in [0.1, 0.15) is 6.04 Å². The average Bonchev–Trinajstić information content (AvgIpc) is 2.25. The monoisotopic (exact) mass is 223 g/mol. The summed E-state index contributed by atoms with van der Waals surface area (Å²) in [6, 6.07) is 8.77. The van der Waals surface area contributed by atoms with E-state index in [0.717, 1.165) is 5.56 Å². The lowest BCUT2D eigenvalue weighted by Gasteiger charge is -2.15. The number of rotatable bonds is 6. The van der Waals surface area contributed by atoms with Crippen LogP contribution in [0, 0.1) is 0 Å². The van der Waals surface area contributed by atoms with Crippen molar-refractivity contribution in [1.82, 2.24) is 5.32 Å². The first kappa shape index (κ1) is 12.7. The average molecular weight is 223 g/mol. The summed E-state index contributed by atoms with van der Waals surface area (Å²) in [5.41, 5.74) is 0.966. The molecule has 0 saturated heterocycles. The molecule has 0 saturated carbocycles. The molecule has 1 aromatic rings. The number of hydrogen-bond donors (Lipinski definition) is 3. The zero-order valence-electron chi connectivity index (χ0n) is 9.26. The highest BCUT2D eigenvalue weighted by atomic mass is 16.4. The molecular weight excluding hydrogens is 206 g/mol. The van der Waals surface area contributed by atoms with Crippen LogP contribution in [0.3, 0.4) is 0 Å². The lowest BCUT2D eigenvalue weighted by atomic mass is 10.1. The molecule has 0 fully saturated rings. The van der Waals surface area contributed by atoms with Crippen LogP contribution in [0.25, 0.3) is 0 Å². The van der Waals surface area contributed by atoms with Crippen LogP contribution in [-0.4, -0.2) is 34.9 Å². The Hall–Kier alpha value is -1.39. The maximum Gasteiger partial charge on any atom is 0.321 e. The van der Waals surface area contributed by atoms with Gasteiger partial charge in [-0.2, -0.15) is 0 Å². The third kappa shape index (κ3) is 4.42. The Bertz CT molecular complexity index is 324. The van der Waals surface area contributed by atoms with E-state index >= 15 is 0 Å². The first-order valence-corrected chi connectivity index (χ1v) is 5.27. The second-order valence-electron chi connectivity index (χ2n) is 3.84. The van der Waals surface area contributed by atoms with E-state index < -0.39 is 18.1 Å². The number of aliphatic hydroxyl groups excluding tert-OH is 1. The van der Waals surface area contributed by atoms with Crippen LogP contribution in [0.4, 0.5) is 0 Å². The van der Waals surface area contributed by atoms with Gasteiger partial charge in [0.2, 0.25) is 0 Å². The van der Waals surface area contributed by atoms with E-state index in [9.17, 15) is 4.79 Å². The molecule has 4 heteroatoms. The second kappa shape index (κ2) is 6.25. The Balaban J connectivity index is 2.55. The number of carboxylic acids is 1. The van der Waals surface area contributed by atoms with E-state index in [1.807, 2.05) is 30.3 Å². The summed E-state index contributed by atoms with van der Waals surface area (Å²) in [6.07, 6.45) is -0.124. The van der Waals surface area contributed by atoms with Gasteiger partial charge in [-0.1, -0.05) is 30.3 Å². The Morgan fingerprint density at radius 2 is 2.00 bits per heavy atom. The number of aliphatic carboxylic acids is 1. The first-order chi connectivity index (χ1) is 7.59. The maximum absolute atomic E-state index is 11.0. The van der Waals surface area contributed by atoms with Gasteiger partial charge in [0.15, 0.2) is 0 Å². The van der Waals surface area contributed by atoms with Crippen LogP contribution in [0.15, 0.2) is 30.3 Å². The molecule has 1 rings (SSSR count). The highest BCUT2D eigenvalue weighted by Gasteiger charge is 2.17. The van der Waals surface area contributed by atoms with Crippen molar-refractivity contribution < 1.29 is 15.0 Å². The van der Waals surface area contributed by atoms with Crippen molar-refractivity contribution in [2.75, 3.05) is 6.54 Å². The molecule has 0 radical (unpaired) electrons. The highest BCUT2D eigenvalue weighted by Crippen LogP contribution is 2.03. The van der Waals surface area contributed by atoms with E-state index in [1.165, 1.54) is 0 Å². The summed E-state index contributed by atoms with van der Waals surface area (Å²) in [5, 5.41) is 20.9. The van der Waals surface area contributed by atoms with Crippen LogP contribution < -0.4 is 5.32 Å². The van der Waals surface area contributed by atoms with Gasteiger partial charge < -0.3 is 15.5 Å². The number of carboxylic acid groups (broad SMARTS) is 1. The third-order valence-corrected chi connectivity index (χ3v) is 2.24. The predicted octanol–water partition coefficient (Wildman–Crippen LogP) is 0.653. The molecule has 0 aliphatic heterocycles. The van der Waals surface area contributed by atoms with E-state index in [0.29, 0.717) is 6.42 Å². The largest absolute Gasteiger partial charge is 0.480 e. The molecule has 0 bridgehead atoms. The fourth-order valence-electron chi connectivity index (χ4n) is 1.41. The van der Waals surface area contributed by atoms with Crippen molar-refractivity contribution in [3.63, 3.8) is 0 Å². The molecule has 88 valence electrons. The van der Waals surface area contributed by atoms with Gasteiger partial charge in [0, 0.05) is 6.54 Å². The standard InChI is InChI=1S/C12H17NO3/c1-9(14)8-13-11(12(15)16)7-10-5-3-2-4-6-10/h2-6,9,11,13-14H,7-8H2,1H3,(H,15,16)/t9?,11-/m0/s1. The lowest BCUT2D eigenvalue weighted by Crippen LogP contribution is -2.41. The van der Waals surface area contributed by atoms with Crippen LogP contribution in [-0.2, 0) is 11.2 Å². The van der Waals surface area contributed by atoms with Gasteiger partial charge in [-0.05, 0) is 18.9 Å². The fraction of sp³-hybridized carbons (Fsp3) is 0.417. The molecule has 0 amide bonds. The fourth-order valence-corrected chi connectivity index (χ4v) is 1.41. The van der Waals surface area contributed by atoms with E-state index in [4.69, 9.17) is 10.2 Å². The first-order valence-electron chi connectivity index (χ1n) is 5.27. The molecule has 0 spiro atoms. The molecule has 0 aromatic heterocycles. The van der Waals surface area contributed by atoms with Gasteiger partial charge in [0.05, 0.1) is 6.10 Å². The lowest BCUT2D eigenvalue weighted by molar-refractivity contribution is -0.139. The van der Waals surface area contributed by atoms with E-state index in [2.05, 4.69) is 5.32 Å². The molecule has 1 unspecified atom stereocenters. The molecule has 3 N–H and O–H groups in total. The summed E-state index contributed by atoms with van der Waals surface area (Å²) in [4.78, 5) is 11.0. The molecule has 0 aliphatic carbocycles. The summed E-state index contributed by atoms with van der Waals surface area (Å²) in [5.74, 6) is -0.899. The van der Waals surface area contributed by atoms with Gasteiger partial charge >= 0.3 is 5.97 Å². The van der Waals surface area contributed by atoms with Crippen molar-refractivity contribution in [2.45, 2.75) is 25.5 Å². The Morgan fingerprint density at radius 1 is 1.38 bits per heavy atom. The van der Waals surface area contributed by atoms with Gasteiger partial charge in [0.25, 0.3) is 0 Å². The molecule has 4 nitrogen and oxygen atoms in total. The molecule has 2 atom stereocenters. The van der Waals surface area contributed by atoms with Gasteiger partial charge in [-0.15, -0.1) is 0 Å². The normalized spacial score (nSPS) is 14.4. The number of aliphatic hydroxyl groups is 1. The molecular formula is C12H17NO3. The predicted molar refractivity (Wildman–Crippen MR) is 61.3 cm³/mol. The van der Waals surface area contributed by atoms with E-state index in [-0.39, 0.29) is 6.54 Å². The van der Waals surface area contributed by atoms with E-state index in [1.54, 1.807) is 6.92 Å². The van der Waals surface area contributed by atoms with Crippen LogP contribution in [0.1, 0.15) is 12.5 Å². The number of nitrogens with one attached hydrogen (secondary N) is 1. The summed E-state index contributed by atoms with van der Waals surface area (Å²) >= 11 is 0. The smallest absolute Gasteiger partial charge is 0.321 e. The van der Waals surface area contributed by atoms with Crippen molar-refractivity contribution in [3.8, 4) is 0 Å². The second-order valence-corrected chi connectivity index (χ2v) is 3.84. The number of hydrogen-bond acceptors (Lipinski definition) is 3. The maximum atomic E-state index is 11.0. The molecule has 0 aliphatic rings. The molecule has 0 heterocycles. The quantitative estimate of drug-likeness (QED) is 0.662. The Morgan fingerprint density at radius 3 is 2.50 bits per heavy atom. The van der Waals surface area contributed by atoms with Crippen LogP contribution in [0.2, 0.25) is 0 Å². The zero-order chi connectivity index (χ0) is 12.0. The SMILES string of the molecule is CC(O)CN[C@@H](Cc1ccccc1)C(=O)O. The summed E-state index contributed by atoms with van der Waals surface area (Å²) < 4.78 is 0. The van der Waals surface area contributed by atoms with Crippen LogP contribution in [0.5, 0.6) is 0 Å². The van der Waals surface area contributed by atoms with Gasteiger partial charge in [-0.25, -0.2) is 0 Å². The third-order valence-electron chi connectivity index (χ3n) is 2.24. The minimum absolute atomic E-state index is 0.282. The Labute approximate surface area is 94.9 Å².